The van der Waals surface area contributed by atoms with Crippen LogP contribution in [0.15, 0.2) is 33.6 Å². The normalized spacial score (nSPS) is 15.0. The molecule has 1 aliphatic rings. The fourth-order valence-electron chi connectivity index (χ4n) is 2.61. The number of rotatable bonds is 6. The predicted octanol–water partition coefficient (Wildman–Crippen LogP) is 2.93. The van der Waals surface area contributed by atoms with Crippen LogP contribution in [0.1, 0.15) is 21.9 Å². The van der Waals surface area contributed by atoms with Gasteiger partial charge in [-0.1, -0.05) is 0 Å². The highest BCUT2D eigenvalue weighted by Crippen LogP contribution is 2.39. The molecule has 2 amide bonds. The van der Waals surface area contributed by atoms with E-state index < -0.39 is 33.5 Å². The van der Waals surface area contributed by atoms with E-state index >= 15 is 0 Å². The van der Waals surface area contributed by atoms with Crippen LogP contribution in [0.4, 0.5) is 10.5 Å². The van der Waals surface area contributed by atoms with Gasteiger partial charge in [0.15, 0.2) is 5.75 Å². The average molecular weight is 434 g/mol. The van der Waals surface area contributed by atoms with Crippen molar-refractivity contribution in [2.24, 2.45) is 0 Å². The molecular weight excluding hydrogens is 420 g/mol. The number of benzene rings is 1. The van der Waals surface area contributed by atoms with E-state index in [4.69, 9.17) is 9.15 Å². The topological polar surface area (TPSA) is 149 Å². The molecule has 12 heteroatoms. The number of carbonyl (C=O) groups excluding carboxylic acids is 3. The first kappa shape index (κ1) is 20.9. The number of aromatic hydroxyl groups is 1. The number of phenolic OH excluding ortho intramolecular Hbond substituents is 1. The number of furan rings is 1. The van der Waals surface area contributed by atoms with Gasteiger partial charge in [-0.15, -0.1) is 0 Å². The molecule has 1 aromatic heterocycles. The Kier molecular flexibility index (Phi) is 5.78. The van der Waals surface area contributed by atoms with Gasteiger partial charge < -0.3 is 19.0 Å². The minimum Gasteiger partial charge on any atom is -0.500 e. The third-order valence-corrected chi connectivity index (χ3v) is 4.93. The third kappa shape index (κ3) is 3.98. The number of methoxy groups -OCH3 is 2. The number of thioether (sulfide) groups is 1. The van der Waals surface area contributed by atoms with Gasteiger partial charge in [0.1, 0.15) is 5.76 Å². The van der Waals surface area contributed by atoms with Gasteiger partial charge in [0.05, 0.1) is 30.6 Å². The van der Waals surface area contributed by atoms with E-state index in [2.05, 4.69) is 4.74 Å². The van der Waals surface area contributed by atoms with Gasteiger partial charge >= 0.3 is 11.7 Å². The lowest BCUT2D eigenvalue weighted by molar-refractivity contribution is -0.386. The van der Waals surface area contributed by atoms with Crippen LogP contribution in [0.5, 0.6) is 11.5 Å². The Morgan fingerprint density at radius 2 is 2.07 bits per heavy atom. The first-order valence-corrected chi connectivity index (χ1v) is 9.04. The van der Waals surface area contributed by atoms with Gasteiger partial charge in [-0.05, 0) is 41.6 Å². The molecule has 0 radical (unpaired) electrons. The lowest BCUT2D eigenvalue weighted by Gasteiger charge is -2.10. The van der Waals surface area contributed by atoms with Crippen LogP contribution in [0.25, 0.3) is 6.08 Å². The average Bonchev–Trinajstić information content (AvgIpc) is 3.29. The maximum absolute atomic E-state index is 12.6. The molecule has 11 nitrogen and oxygen atoms in total. The van der Waals surface area contributed by atoms with Gasteiger partial charge in [0, 0.05) is 6.07 Å². The summed E-state index contributed by atoms with van der Waals surface area (Å²) in [7, 11) is 2.41. The lowest BCUT2D eigenvalue weighted by Crippen LogP contribution is -2.27. The molecule has 0 saturated carbocycles. The molecule has 156 valence electrons. The molecule has 2 heterocycles. The molecule has 3 rings (SSSR count). The first-order chi connectivity index (χ1) is 14.2. The number of phenols is 1. The number of hydrogen-bond acceptors (Lipinski definition) is 10. The fraction of sp³-hybridized carbons (Fsp3) is 0.167. The Bertz CT molecular complexity index is 1090. The minimum absolute atomic E-state index is 0.0155. The van der Waals surface area contributed by atoms with E-state index in [0.29, 0.717) is 11.8 Å². The number of hydrogen-bond donors (Lipinski definition) is 1. The Morgan fingerprint density at radius 1 is 1.33 bits per heavy atom. The number of carbonyl (C=O) groups is 3. The summed E-state index contributed by atoms with van der Waals surface area (Å²) in [6, 6.07) is 5.15. The number of esters is 1. The van der Waals surface area contributed by atoms with Gasteiger partial charge in [-0.2, -0.15) is 0 Å². The maximum Gasteiger partial charge on any atom is 0.373 e. The van der Waals surface area contributed by atoms with E-state index in [1.165, 1.54) is 38.5 Å². The second-order valence-corrected chi connectivity index (χ2v) is 6.87. The molecule has 1 fully saturated rings. The van der Waals surface area contributed by atoms with E-state index in [0.717, 1.165) is 11.0 Å². The molecule has 1 N–H and O–H groups in total. The molecule has 30 heavy (non-hydrogen) atoms. The van der Waals surface area contributed by atoms with Crippen molar-refractivity contribution in [3.8, 4) is 11.5 Å². The Morgan fingerprint density at radius 3 is 2.70 bits per heavy atom. The van der Waals surface area contributed by atoms with E-state index in [1.807, 2.05) is 0 Å². The van der Waals surface area contributed by atoms with Crippen molar-refractivity contribution in [1.29, 1.82) is 0 Å². The molecule has 0 atom stereocenters. The number of amides is 2. The zero-order chi connectivity index (χ0) is 22.0. The summed E-state index contributed by atoms with van der Waals surface area (Å²) in [6.07, 6.45) is 1.28. The van der Waals surface area contributed by atoms with E-state index in [-0.39, 0.29) is 34.3 Å². The number of nitro groups is 1. The standard InChI is InChI=1S/C18H14N2O9S/c1-27-13-6-9(5-11(15(13)21)20(25)26)7-14-16(22)19(18(24)30-14)8-10-3-4-12(29-10)17(23)28-2/h3-7,21H,8H2,1-2H3/b14-7+. The lowest BCUT2D eigenvalue weighted by atomic mass is 10.1. The van der Waals surface area contributed by atoms with E-state index in [9.17, 15) is 29.6 Å². The smallest absolute Gasteiger partial charge is 0.373 e. The largest absolute Gasteiger partial charge is 0.500 e. The molecular formula is C18H14N2O9S. The van der Waals surface area contributed by atoms with Crippen LogP contribution < -0.4 is 4.74 Å². The summed E-state index contributed by atoms with van der Waals surface area (Å²) < 4.78 is 14.7. The predicted molar refractivity (Wildman–Crippen MR) is 103 cm³/mol. The maximum atomic E-state index is 12.6. The van der Waals surface area contributed by atoms with E-state index in [1.54, 1.807) is 0 Å². The van der Waals surface area contributed by atoms with Crippen LogP contribution in [-0.4, -0.2) is 46.3 Å². The van der Waals surface area contributed by atoms with Crippen molar-refractivity contribution >= 4 is 40.6 Å². The molecule has 2 aromatic rings. The van der Waals surface area contributed by atoms with Crippen molar-refractivity contribution in [2.45, 2.75) is 6.54 Å². The van der Waals surface area contributed by atoms with Crippen molar-refractivity contribution in [1.82, 2.24) is 4.90 Å². The highest BCUT2D eigenvalue weighted by molar-refractivity contribution is 8.18. The zero-order valence-corrected chi connectivity index (χ0v) is 16.4. The molecule has 0 bridgehead atoms. The Balaban J connectivity index is 1.86. The summed E-state index contributed by atoms with van der Waals surface area (Å²) in [5, 5.41) is 20.4. The molecule has 0 spiro atoms. The molecule has 0 unspecified atom stereocenters. The van der Waals surface area contributed by atoms with Gasteiger partial charge in [0.25, 0.3) is 11.1 Å². The van der Waals surface area contributed by atoms with Crippen LogP contribution >= 0.6 is 11.8 Å². The van der Waals surface area contributed by atoms with Gasteiger partial charge in [-0.3, -0.25) is 24.6 Å². The zero-order valence-electron chi connectivity index (χ0n) is 15.6. The number of nitro benzene ring substituents is 1. The molecule has 1 saturated heterocycles. The third-order valence-electron chi connectivity index (χ3n) is 4.03. The van der Waals surface area contributed by atoms with Crippen LogP contribution in [0.2, 0.25) is 0 Å². The highest BCUT2D eigenvalue weighted by atomic mass is 32.2. The minimum atomic E-state index is -0.795. The second-order valence-electron chi connectivity index (χ2n) is 5.87. The van der Waals surface area contributed by atoms with Crippen LogP contribution in [0.3, 0.4) is 0 Å². The van der Waals surface area contributed by atoms with Crippen molar-refractivity contribution in [3.63, 3.8) is 0 Å². The Hall–Kier alpha value is -3.80. The summed E-state index contributed by atoms with van der Waals surface area (Å²) >= 11 is 0.637. The highest BCUT2D eigenvalue weighted by Gasteiger charge is 2.36. The van der Waals surface area contributed by atoms with Crippen molar-refractivity contribution in [3.05, 3.63) is 56.4 Å². The summed E-state index contributed by atoms with van der Waals surface area (Å²) in [5.41, 5.74) is -0.418. The summed E-state index contributed by atoms with van der Waals surface area (Å²) in [4.78, 5) is 47.6. The van der Waals surface area contributed by atoms with Crippen molar-refractivity contribution in [2.75, 3.05) is 14.2 Å². The Labute approximate surface area is 173 Å². The first-order valence-electron chi connectivity index (χ1n) is 8.23. The quantitative estimate of drug-likeness (QED) is 0.311. The molecule has 1 aliphatic heterocycles. The number of imide groups is 1. The molecule has 0 aliphatic carbocycles. The molecule has 1 aromatic carbocycles. The SMILES string of the molecule is COC(=O)c1ccc(CN2C(=O)S/C(=C/c3cc(OC)c(O)c([N+](=O)[O-])c3)C2=O)o1. The van der Waals surface area contributed by atoms with Gasteiger partial charge in [0.2, 0.25) is 11.5 Å². The summed E-state index contributed by atoms with van der Waals surface area (Å²) in [6.45, 7) is -0.210. The van der Waals surface area contributed by atoms with Crippen LogP contribution in [0, 0.1) is 10.1 Å². The van der Waals surface area contributed by atoms with Crippen molar-refractivity contribution < 1.29 is 38.3 Å². The monoisotopic (exact) mass is 434 g/mol. The second kappa shape index (κ2) is 8.29. The summed E-state index contributed by atoms with van der Waals surface area (Å²) in [5.74, 6) is -2.01. The number of nitrogens with zero attached hydrogens (tertiary/aromatic N) is 2. The fourth-order valence-corrected chi connectivity index (χ4v) is 3.45. The number of ether oxygens (including phenoxy) is 2. The van der Waals surface area contributed by atoms with Crippen LogP contribution in [-0.2, 0) is 16.1 Å². The van der Waals surface area contributed by atoms with Gasteiger partial charge in [-0.25, -0.2) is 4.79 Å².